The maximum atomic E-state index is 13.1. The standard InChI is InChI=1S/C20H21N3O3S2/c1-14-10-15(2)22-20(18(14)11-21)27-12-19(24)23(16-6-4-3-5-7-16)17-8-9-28(25,26)13-17/h3-7,10,17H,8-9,12-13H2,1-2H3/t17-/m0/s1. The molecule has 0 spiro atoms. The average Bonchev–Trinajstić information content (AvgIpc) is 3.00. The van der Waals surface area contributed by atoms with Crippen LogP contribution in [0.2, 0.25) is 0 Å². The van der Waals surface area contributed by atoms with Crippen molar-refractivity contribution in [2.24, 2.45) is 0 Å². The van der Waals surface area contributed by atoms with Crippen LogP contribution in [-0.2, 0) is 14.6 Å². The molecular formula is C20H21N3O3S2. The van der Waals surface area contributed by atoms with Gasteiger partial charge in [-0.15, -0.1) is 0 Å². The van der Waals surface area contributed by atoms with Crippen LogP contribution < -0.4 is 4.90 Å². The topological polar surface area (TPSA) is 91.1 Å². The number of pyridine rings is 1. The Morgan fingerprint density at radius 2 is 2.04 bits per heavy atom. The SMILES string of the molecule is Cc1cc(C)c(C#N)c(SCC(=O)N(c2ccccc2)[C@H]2CCS(=O)(=O)C2)n1. The van der Waals surface area contributed by atoms with Crippen LogP contribution >= 0.6 is 11.8 Å². The summed E-state index contributed by atoms with van der Waals surface area (Å²) < 4.78 is 23.9. The molecule has 146 valence electrons. The number of para-hydroxylation sites is 1. The molecule has 0 N–H and O–H groups in total. The number of nitriles is 1. The fourth-order valence-corrected chi connectivity index (χ4v) is 6.03. The highest BCUT2D eigenvalue weighted by atomic mass is 32.2. The van der Waals surface area contributed by atoms with Crippen LogP contribution in [0.3, 0.4) is 0 Å². The first-order valence-electron chi connectivity index (χ1n) is 8.89. The lowest BCUT2D eigenvalue weighted by Gasteiger charge is -2.28. The molecule has 8 heteroatoms. The molecule has 0 unspecified atom stereocenters. The zero-order valence-corrected chi connectivity index (χ0v) is 17.4. The van der Waals surface area contributed by atoms with Crippen LogP contribution in [-0.4, -0.2) is 42.6 Å². The van der Waals surface area contributed by atoms with Crippen molar-refractivity contribution in [3.05, 3.63) is 53.2 Å². The molecule has 1 fully saturated rings. The molecule has 6 nitrogen and oxygen atoms in total. The number of sulfone groups is 1. The maximum absolute atomic E-state index is 13.1. The first-order chi connectivity index (χ1) is 13.3. The summed E-state index contributed by atoms with van der Waals surface area (Å²) in [6.07, 6.45) is 0.429. The van der Waals surface area contributed by atoms with Crippen molar-refractivity contribution in [3.8, 4) is 6.07 Å². The third kappa shape index (κ3) is 4.54. The summed E-state index contributed by atoms with van der Waals surface area (Å²) in [4.78, 5) is 19.1. The molecule has 0 bridgehead atoms. The monoisotopic (exact) mass is 415 g/mol. The van der Waals surface area contributed by atoms with E-state index in [1.54, 1.807) is 4.90 Å². The second-order valence-electron chi connectivity index (χ2n) is 6.82. The van der Waals surface area contributed by atoms with E-state index in [1.807, 2.05) is 50.2 Å². The van der Waals surface area contributed by atoms with Crippen LogP contribution in [0.25, 0.3) is 0 Å². The molecule has 3 rings (SSSR count). The van der Waals surface area contributed by atoms with Gasteiger partial charge in [-0.1, -0.05) is 30.0 Å². The lowest BCUT2D eigenvalue weighted by Crippen LogP contribution is -2.42. The number of hydrogen-bond donors (Lipinski definition) is 0. The molecule has 0 saturated carbocycles. The highest BCUT2D eigenvalue weighted by Gasteiger charge is 2.35. The van der Waals surface area contributed by atoms with Crippen LogP contribution in [0.15, 0.2) is 41.4 Å². The third-order valence-corrected chi connectivity index (χ3v) is 7.34. The van der Waals surface area contributed by atoms with Gasteiger partial charge in [0.25, 0.3) is 0 Å². The van der Waals surface area contributed by atoms with Crippen LogP contribution in [0.5, 0.6) is 0 Å². The Labute approximate surface area is 169 Å². The number of rotatable bonds is 5. The van der Waals surface area contributed by atoms with Gasteiger partial charge in [-0.3, -0.25) is 4.79 Å². The van der Waals surface area contributed by atoms with Crippen molar-refractivity contribution < 1.29 is 13.2 Å². The number of carbonyl (C=O) groups is 1. The minimum absolute atomic E-state index is 0.0243. The van der Waals surface area contributed by atoms with Crippen LogP contribution in [0.1, 0.15) is 23.2 Å². The number of carbonyl (C=O) groups excluding carboxylic acids is 1. The summed E-state index contributed by atoms with van der Waals surface area (Å²) in [6.45, 7) is 3.69. The minimum atomic E-state index is -3.13. The summed E-state index contributed by atoms with van der Waals surface area (Å²) in [5, 5.41) is 9.94. The third-order valence-electron chi connectivity index (χ3n) is 4.63. The van der Waals surface area contributed by atoms with Crippen molar-refractivity contribution in [2.75, 3.05) is 22.2 Å². The normalized spacial score (nSPS) is 17.8. The summed E-state index contributed by atoms with van der Waals surface area (Å²) in [6, 6.07) is 12.7. The number of benzene rings is 1. The zero-order chi connectivity index (χ0) is 20.3. The van der Waals surface area contributed by atoms with Crippen molar-refractivity contribution in [1.82, 2.24) is 4.98 Å². The van der Waals surface area contributed by atoms with E-state index in [9.17, 15) is 18.5 Å². The molecule has 1 aliphatic heterocycles. The number of aryl methyl sites for hydroxylation is 2. The molecule has 0 aliphatic carbocycles. The number of aromatic nitrogens is 1. The predicted octanol–water partition coefficient (Wildman–Crippen LogP) is 2.88. The zero-order valence-electron chi connectivity index (χ0n) is 15.8. The second-order valence-corrected chi connectivity index (χ2v) is 10.0. The van der Waals surface area contributed by atoms with Gasteiger partial charge in [0.1, 0.15) is 11.1 Å². The van der Waals surface area contributed by atoms with E-state index in [0.29, 0.717) is 22.7 Å². The van der Waals surface area contributed by atoms with Crippen LogP contribution in [0.4, 0.5) is 5.69 Å². The largest absolute Gasteiger partial charge is 0.308 e. The van der Waals surface area contributed by atoms with Gasteiger partial charge >= 0.3 is 0 Å². The average molecular weight is 416 g/mol. The van der Waals surface area contributed by atoms with Gasteiger partial charge in [0.2, 0.25) is 5.91 Å². The number of amides is 1. The Hall–Kier alpha value is -2.37. The molecule has 28 heavy (non-hydrogen) atoms. The molecule has 0 radical (unpaired) electrons. The van der Waals surface area contributed by atoms with Gasteiger partial charge in [-0.2, -0.15) is 5.26 Å². The molecule has 1 atom stereocenters. The van der Waals surface area contributed by atoms with Gasteiger partial charge in [-0.05, 0) is 44.0 Å². The number of anilines is 1. The Morgan fingerprint density at radius 1 is 1.32 bits per heavy atom. The maximum Gasteiger partial charge on any atom is 0.237 e. The van der Waals surface area contributed by atoms with Crippen molar-refractivity contribution in [2.45, 2.75) is 31.3 Å². The lowest BCUT2D eigenvalue weighted by atomic mass is 10.1. The van der Waals surface area contributed by atoms with Crippen molar-refractivity contribution in [3.63, 3.8) is 0 Å². The molecule has 2 heterocycles. The molecule has 1 amide bonds. The van der Waals surface area contributed by atoms with Crippen LogP contribution in [0, 0.1) is 25.2 Å². The first-order valence-corrected chi connectivity index (χ1v) is 11.7. The molecule has 1 aromatic carbocycles. The molecule has 1 saturated heterocycles. The van der Waals surface area contributed by atoms with Crippen molar-refractivity contribution >= 4 is 33.2 Å². The quantitative estimate of drug-likeness (QED) is 0.698. The van der Waals surface area contributed by atoms with Crippen molar-refractivity contribution in [1.29, 1.82) is 5.26 Å². The van der Waals surface area contributed by atoms with Gasteiger partial charge < -0.3 is 4.90 Å². The smallest absolute Gasteiger partial charge is 0.237 e. The van der Waals surface area contributed by atoms with E-state index in [2.05, 4.69) is 11.1 Å². The Bertz CT molecular complexity index is 1030. The minimum Gasteiger partial charge on any atom is -0.308 e. The lowest BCUT2D eigenvalue weighted by molar-refractivity contribution is -0.116. The van der Waals surface area contributed by atoms with E-state index in [-0.39, 0.29) is 29.2 Å². The number of thioether (sulfide) groups is 1. The van der Waals surface area contributed by atoms with E-state index in [4.69, 9.17) is 0 Å². The van der Waals surface area contributed by atoms with E-state index in [1.165, 1.54) is 11.8 Å². The Kier molecular flexibility index (Phi) is 6.06. The van der Waals surface area contributed by atoms with E-state index < -0.39 is 9.84 Å². The number of hydrogen-bond acceptors (Lipinski definition) is 6. The summed E-state index contributed by atoms with van der Waals surface area (Å²) >= 11 is 1.22. The molecular weight excluding hydrogens is 394 g/mol. The molecule has 1 aliphatic rings. The molecule has 2 aromatic rings. The summed E-state index contributed by atoms with van der Waals surface area (Å²) in [7, 11) is -3.13. The summed E-state index contributed by atoms with van der Waals surface area (Å²) in [5.41, 5.74) is 2.77. The predicted molar refractivity (Wildman–Crippen MR) is 110 cm³/mol. The fourth-order valence-electron chi connectivity index (χ4n) is 3.37. The van der Waals surface area contributed by atoms with Gasteiger partial charge in [0.15, 0.2) is 9.84 Å². The van der Waals surface area contributed by atoms with Gasteiger partial charge in [-0.25, -0.2) is 13.4 Å². The second kappa shape index (κ2) is 8.33. The highest BCUT2D eigenvalue weighted by molar-refractivity contribution is 8.00. The van der Waals surface area contributed by atoms with E-state index >= 15 is 0 Å². The first kappa shape index (κ1) is 20.4. The van der Waals surface area contributed by atoms with E-state index in [0.717, 1.165) is 11.3 Å². The summed E-state index contributed by atoms with van der Waals surface area (Å²) in [5.74, 6) is -0.0405. The fraction of sp³-hybridized carbons (Fsp3) is 0.350. The Balaban J connectivity index is 1.84. The highest BCUT2D eigenvalue weighted by Crippen LogP contribution is 2.28. The Morgan fingerprint density at radius 3 is 2.64 bits per heavy atom. The van der Waals surface area contributed by atoms with Gasteiger partial charge in [0.05, 0.1) is 28.9 Å². The number of nitrogens with zero attached hydrogens (tertiary/aromatic N) is 3. The van der Waals surface area contributed by atoms with Gasteiger partial charge in [0, 0.05) is 11.4 Å². The molecule has 1 aromatic heterocycles.